The standard InChI is InChI=1S/C23H32O5/c1-13(24)28-11-8-14-17-12-19(26)21-15-4-5-20(27)23(15,3)9-6-16(21)22(17,2)10-7-18(14)25/h12,14-16,18-21,25-27H,4-7,9-10H2,1-3H3/t14?,15-,16+,18?,19?,20?,21-,22+,23-/m0/s1. The molecule has 3 saturated carbocycles. The van der Waals surface area contributed by atoms with E-state index in [0.717, 1.165) is 37.7 Å². The Hall–Kier alpha value is -1.35. The van der Waals surface area contributed by atoms with Gasteiger partial charge in [-0.25, -0.2) is 0 Å². The maximum atomic E-state index is 11.1. The van der Waals surface area contributed by atoms with Crippen LogP contribution in [0.5, 0.6) is 0 Å². The van der Waals surface area contributed by atoms with Crippen LogP contribution >= 0.6 is 0 Å². The highest BCUT2D eigenvalue weighted by molar-refractivity contribution is 5.67. The van der Waals surface area contributed by atoms with Crippen molar-refractivity contribution in [3.8, 4) is 12.0 Å². The fraction of sp³-hybridized carbons (Fsp3) is 0.783. The second-order valence-electron chi connectivity index (χ2n) is 9.88. The minimum Gasteiger partial charge on any atom is -0.393 e. The monoisotopic (exact) mass is 388 g/mol. The maximum absolute atomic E-state index is 11.1. The molecule has 0 bridgehead atoms. The maximum Gasteiger partial charge on any atom is 0.316 e. The van der Waals surface area contributed by atoms with Crippen LogP contribution < -0.4 is 0 Å². The predicted molar refractivity (Wildman–Crippen MR) is 104 cm³/mol. The smallest absolute Gasteiger partial charge is 0.316 e. The number of hydrogen-bond acceptors (Lipinski definition) is 5. The third-order valence-corrected chi connectivity index (χ3v) is 8.59. The Morgan fingerprint density at radius 3 is 2.57 bits per heavy atom. The van der Waals surface area contributed by atoms with Crippen molar-refractivity contribution in [3.63, 3.8) is 0 Å². The molecule has 0 aromatic rings. The lowest BCUT2D eigenvalue weighted by Crippen LogP contribution is -2.56. The number of hydrogen-bond donors (Lipinski definition) is 3. The van der Waals surface area contributed by atoms with Crippen LogP contribution in [0.4, 0.5) is 0 Å². The van der Waals surface area contributed by atoms with Gasteiger partial charge in [0.1, 0.15) is 6.11 Å². The van der Waals surface area contributed by atoms with Gasteiger partial charge in [0.15, 0.2) is 0 Å². The van der Waals surface area contributed by atoms with Gasteiger partial charge in [-0.3, -0.25) is 4.79 Å². The van der Waals surface area contributed by atoms with E-state index >= 15 is 0 Å². The van der Waals surface area contributed by atoms with Gasteiger partial charge in [-0.1, -0.05) is 19.9 Å². The Morgan fingerprint density at radius 2 is 1.86 bits per heavy atom. The molecular formula is C23H32O5. The lowest BCUT2D eigenvalue weighted by atomic mass is 9.46. The fourth-order valence-electron chi connectivity index (χ4n) is 7.04. The first-order valence-corrected chi connectivity index (χ1v) is 10.6. The second-order valence-corrected chi connectivity index (χ2v) is 9.88. The van der Waals surface area contributed by atoms with Crippen molar-refractivity contribution in [1.82, 2.24) is 0 Å². The molecule has 4 rings (SSSR count). The van der Waals surface area contributed by atoms with Gasteiger partial charge >= 0.3 is 5.97 Å². The molecule has 0 saturated heterocycles. The summed E-state index contributed by atoms with van der Waals surface area (Å²) in [6, 6.07) is 0. The summed E-state index contributed by atoms with van der Waals surface area (Å²) >= 11 is 0. The van der Waals surface area contributed by atoms with Gasteiger partial charge in [0, 0.05) is 6.92 Å². The zero-order chi connectivity index (χ0) is 20.3. The molecule has 154 valence electrons. The van der Waals surface area contributed by atoms with Gasteiger partial charge in [-0.2, -0.15) is 0 Å². The van der Waals surface area contributed by atoms with E-state index in [1.54, 1.807) is 0 Å². The van der Waals surface area contributed by atoms with Gasteiger partial charge in [0.05, 0.1) is 24.2 Å². The summed E-state index contributed by atoms with van der Waals surface area (Å²) in [4.78, 5) is 11.1. The lowest BCUT2D eigenvalue weighted by molar-refractivity contribution is -0.134. The minimum absolute atomic E-state index is 0.105. The Labute approximate surface area is 167 Å². The number of aliphatic hydroxyl groups is 3. The van der Waals surface area contributed by atoms with Crippen molar-refractivity contribution in [2.75, 3.05) is 0 Å². The summed E-state index contributed by atoms with van der Waals surface area (Å²) in [5, 5.41) is 32.3. The molecule has 0 aliphatic heterocycles. The molecule has 3 N–H and O–H groups in total. The molecule has 5 nitrogen and oxygen atoms in total. The Balaban J connectivity index is 1.71. The van der Waals surface area contributed by atoms with E-state index in [-0.39, 0.29) is 22.9 Å². The molecule has 0 aromatic heterocycles. The van der Waals surface area contributed by atoms with E-state index in [2.05, 4.69) is 25.9 Å². The van der Waals surface area contributed by atoms with Gasteiger partial charge in [0.25, 0.3) is 0 Å². The van der Waals surface area contributed by atoms with Crippen LogP contribution in [0.2, 0.25) is 0 Å². The van der Waals surface area contributed by atoms with Crippen molar-refractivity contribution >= 4 is 5.97 Å². The molecule has 0 amide bonds. The average Bonchev–Trinajstić information content (AvgIpc) is 2.94. The molecule has 9 atom stereocenters. The summed E-state index contributed by atoms with van der Waals surface area (Å²) in [5.41, 5.74) is 0.766. The zero-order valence-electron chi connectivity index (χ0n) is 17.0. The van der Waals surface area contributed by atoms with Crippen LogP contribution in [0, 0.1) is 46.5 Å². The van der Waals surface area contributed by atoms with Crippen LogP contribution in [0.1, 0.15) is 59.3 Å². The molecule has 4 unspecified atom stereocenters. The van der Waals surface area contributed by atoms with Gasteiger partial charge in [0.2, 0.25) is 0 Å². The first-order chi connectivity index (χ1) is 13.2. The van der Waals surface area contributed by atoms with E-state index in [4.69, 9.17) is 4.74 Å². The number of aliphatic hydroxyl groups excluding tert-OH is 3. The van der Waals surface area contributed by atoms with Gasteiger partial charge < -0.3 is 20.1 Å². The number of carbonyl (C=O) groups excluding carboxylic acids is 1. The first kappa shape index (κ1) is 19.9. The number of carbonyl (C=O) groups is 1. The van der Waals surface area contributed by atoms with E-state index in [9.17, 15) is 20.1 Å². The lowest BCUT2D eigenvalue weighted by Gasteiger charge is -2.59. The molecule has 4 aliphatic carbocycles. The molecule has 0 aromatic carbocycles. The van der Waals surface area contributed by atoms with Gasteiger partial charge in [-0.15, -0.1) is 0 Å². The molecule has 3 fully saturated rings. The van der Waals surface area contributed by atoms with Crippen molar-refractivity contribution in [3.05, 3.63) is 11.6 Å². The Bertz CT molecular complexity index is 748. The van der Waals surface area contributed by atoms with Crippen LogP contribution in [0.15, 0.2) is 11.6 Å². The van der Waals surface area contributed by atoms with E-state index in [1.807, 2.05) is 6.08 Å². The predicted octanol–water partition coefficient (Wildman–Crippen LogP) is 2.39. The largest absolute Gasteiger partial charge is 0.393 e. The van der Waals surface area contributed by atoms with Gasteiger partial charge in [-0.05, 0) is 78.6 Å². The van der Waals surface area contributed by atoms with Crippen LogP contribution in [-0.2, 0) is 9.53 Å². The van der Waals surface area contributed by atoms with E-state index < -0.39 is 24.1 Å². The number of esters is 1. The van der Waals surface area contributed by atoms with E-state index in [0.29, 0.717) is 18.3 Å². The summed E-state index contributed by atoms with van der Waals surface area (Å²) in [6.07, 6.45) is 8.14. The SMILES string of the molecule is CC(=O)OC#CC1C2=CC(O)[C@@H]3[C@@H](CC[C@]4(C)C(O)CC[C@@H]34)[C@@]2(C)CCC1O. The topological polar surface area (TPSA) is 87.0 Å². The third kappa shape index (κ3) is 2.84. The molecule has 28 heavy (non-hydrogen) atoms. The fourth-order valence-corrected chi connectivity index (χ4v) is 7.04. The molecule has 0 radical (unpaired) electrons. The van der Waals surface area contributed by atoms with Crippen LogP contribution in [0.3, 0.4) is 0 Å². The highest BCUT2D eigenvalue weighted by Crippen LogP contribution is 2.65. The highest BCUT2D eigenvalue weighted by Gasteiger charge is 2.61. The third-order valence-electron chi connectivity index (χ3n) is 8.59. The molecular weight excluding hydrogens is 356 g/mol. The van der Waals surface area contributed by atoms with Crippen LogP contribution in [-0.4, -0.2) is 39.6 Å². The number of rotatable bonds is 0. The zero-order valence-corrected chi connectivity index (χ0v) is 17.0. The van der Waals surface area contributed by atoms with Crippen molar-refractivity contribution in [2.24, 2.45) is 34.5 Å². The highest BCUT2D eigenvalue weighted by atomic mass is 16.5. The van der Waals surface area contributed by atoms with E-state index in [1.165, 1.54) is 6.92 Å². The Morgan fingerprint density at radius 1 is 1.11 bits per heavy atom. The molecule has 0 spiro atoms. The molecule has 5 heteroatoms. The van der Waals surface area contributed by atoms with Crippen LogP contribution in [0.25, 0.3) is 0 Å². The van der Waals surface area contributed by atoms with Crippen molar-refractivity contribution < 1.29 is 24.9 Å². The normalized spacial score (nSPS) is 49.6. The Kier molecular flexibility index (Phi) is 4.89. The minimum atomic E-state index is -0.617. The molecule has 4 aliphatic rings. The first-order valence-electron chi connectivity index (χ1n) is 10.6. The summed E-state index contributed by atoms with van der Waals surface area (Å²) in [7, 11) is 0. The van der Waals surface area contributed by atoms with Crippen molar-refractivity contribution in [2.45, 2.75) is 77.6 Å². The summed E-state index contributed by atoms with van der Waals surface area (Å²) < 4.78 is 4.79. The second kappa shape index (κ2) is 6.86. The van der Waals surface area contributed by atoms with Crippen molar-refractivity contribution in [1.29, 1.82) is 0 Å². The number of fused-ring (bicyclic) bond motifs is 5. The molecule has 0 heterocycles. The number of ether oxygens (including phenoxy) is 1. The summed E-state index contributed by atoms with van der Waals surface area (Å²) in [6.45, 7) is 5.75. The average molecular weight is 389 g/mol. The quantitative estimate of drug-likeness (QED) is 0.337. The summed E-state index contributed by atoms with van der Waals surface area (Å²) in [5.74, 6) is 2.83.